The predicted molar refractivity (Wildman–Crippen MR) is 79.0 cm³/mol. The van der Waals surface area contributed by atoms with Gasteiger partial charge in [0, 0.05) is 10.2 Å². The third-order valence-corrected chi connectivity index (χ3v) is 5.01. The lowest BCUT2D eigenvalue weighted by Crippen LogP contribution is -2.45. The van der Waals surface area contributed by atoms with Crippen LogP contribution in [0.15, 0.2) is 22.7 Å². The second-order valence-electron chi connectivity index (χ2n) is 4.56. The SMILES string of the molecule is Cc1ccc(NC(=O)C2(O)CCSCC2)cc1Br. The predicted octanol–water partition coefficient (Wildman–Crippen LogP) is 2.95. The summed E-state index contributed by atoms with van der Waals surface area (Å²) in [6.45, 7) is 1.99. The summed E-state index contributed by atoms with van der Waals surface area (Å²) in [5.74, 6) is 1.38. The molecule has 1 heterocycles. The monoisotopic (exact) mass is 329 g/mol. The highest BCUT2D eigenvalue weighted by Crippen LogP contribution is 2.29. The Morgan fingerprint density at radius 3 is 2.72 bits per heavy atom. The van der Waals surface area contributed by atoms with Gasteiger partial charge in [-0.05, 0) is 49.0 Å². The topological polar surface area (TPSA) is 49.3 Å². The van der Waals surface area contributed by atoms with Crippen molar-refractivity contribution in [1.29, 1.82) is 0 Å². The molecule has 0 spiro atoms. The number of hydrogen-bond acceptors (Lipinski definition) is 3. The maximum absolute atomic E-state index is 12.1. The van der Waals surface area contributed by atoms with Gasteiger partial charge in [-0.15, -0.1) is 0 Å². The van der Waals surface area contributed by atoms with Crippen LogP contribution < -0.4 is 5.32 Å². The molecule has 2 rings (SSSR count). The van der Waals surface area contributed by atoms with Crippen LogP contribution in [0.5, 0.6) is 0 Å². The number of hydrogen-bond donors (Lipinski definition) is 2. The first-order chi connectivity index (χ1) is 8.51. The second kappa shape index (κ2) is 5.63. The van der Waals surface area contributed by atoms with Crippen LogP contribution in [0, 0.1) is 6.92 Å². The molecule has 98 valence electrons. The third kappa shape index (κ3) is 3.08. The number of aryl methyl sites for hydroxylation is 1. The lowest BCUT2D eigenvalue weighted by atomic mass is 9.95. The van der Waals surface area contributed by atoms with Crippen molar-refractivity contribution in [1.82, 2.24) is 0 Å². The first kappa shape index (κ1) is 13.9. The molecule has 18 heavy (non-hydrogen) atoms. The Hall–Kier alpha value is -0.520. The molecule has 0 bridgehead atoms. The molecule has 0 aromatic heterocycles. The zero-order chi connectivity index (χ0) is 13.2. The number of halogens is 1. The van der Waals surface area contributed by atoms with Gasteiger partial charge < -0.3 is 10.4 Å². The molecule has 1 aliphatic rings. The van der Waals surface area contributed by atoms with Crippen LogP contribution in [0.2, 0.25) is 0 Å². The highest BCUT2D eigenvalue weighted by atomic mass is 79.9. The van der Waals surface area contributed by atoms with Gasteiger partial charge in [0.1, 0.15) is 5.60 Å². The molecule has 0 unspecified atom stereocenters. The molecular formula is C13H16BrNO2S. The van der Waals surface area contributed by atoms with Gasteiger partial charge in [0.15, 0.2) is 0 Å². The van der Waals surface area contributed by atoms with Crippen molar-refractivity contribution in [2.45, 2.75) is 25.4 Å². The maximum Gasteiger partial charge on any atom is 0.256 e. The van der Waals surface area contributed by atoms with E-state index in [1.54, 1.807) is 11.8 Å². The molecule has 1 aliphatic heterocycles. The van der Waals surface area contributed by atoms with E-state index in [-0.39, 0.29) is 5.91 Å². The van der Waals surface area contributed by atoms with Crippen LogP contribution in [0.3, 0.4) is 0 Å². The fraction of sp³-hybridized carbons (Fsp3) is 0.462. The van der Waals surface area contributed by atoms with E-state index in [0.717, 1.165) is 21.5 Å². The van der Waals surface area contributed by atoms with Crippen molar-refractivity contribution < 1.29 is 9.90 Å². The fourth-order valence-electron chi connectivity index (χ4n) is 1.85. The molecule has 2 N–H and O–H groups in total. The Kier molecular flexibility index (Phi) is 4.35. The number of carbonyl (C=O) groups excluding carboxylic acids is 1. The molecule has 1 fully saturated rings. The van der Waals surface area contributed by atoms with Crippen LogP contribution in [-0.2, 0) is 4.79 Å². The highest BCUT2D eigenvalue weighted by Gasteiger charge is 2.37. The van der Waals surface area contributed by atoms with Gasteiger partial charge in [0.25, 0.3) is 5.91 Å². The van der Waals surface area contributed by atoms with Crippen LogP contribution in [0.4, 0.5) is 5.69 Å². The van der Waals surface area contributed by atoms with E-state index in [1.165, 1.54) is 0 Å². The van der Waals surface area contributed by atoms with Crippen LogP contribution in [0.25, 0.3) is 0 Å². The number of rotatable bonds is 2. The average molecular weight is 330 g/mol. The van der Waals surface area contributed by atoms with Crippen molar-refractivity contribution >= 4 is 39.3 Å². The van der Waals surface area contributed by atoms with Crippen molar-refractivity contribution in [3.05, 3.63) is 28.2 Å². The maximum atomic E-state index is 12.1. The van der Waals surface area contributed by atoms with Crippen LogP contribution in [-0.4, -0.2) is 28.1 Å². The summed E-state index contributed by atoms with van der Waals surface area (Å²) in [4.78, 5) is 12.1. The molecule has 3 nitrogen and oxygen atoms in total. The van der Waals surface area contributed by atoms with Gasteiger partial charge in [0.2, 0.25) is 0 Å². The lowest BCUT2D eigenvalue weighted by Gasteiger charge is -2.30. The smallest absolute Gasteiger partial charge is 0.256 e. The first-order valence-electron chi connectivity index (χ1n) is 5.89. The van der Waals surface area contributed by atoms with E-state index in [4.69, 9.17) is 0 Å². The van der Waals surface area contributed by atoms with E-state index in [2.05, 4.69) is 21.2 Å². The molecule has 1 aromatic carbocycles. The van der Waals surface area contributed by atoms with E-state index in [9.17, 15) is 9.90 Å². The fourth-order valence-corrected chi connectivity index (χ4v) is 3.40. The van der Waals surface area contributed by atoms with E-state index >= 15 is 0 Å². The summed E-state index contributed by atoms with van der Waals surface area (Å²) < 4.78 is 0.950. The Balaban J connectivity index is 2.08. The summed E-state index contributed by atoms with van der Waals surface area (Å²) in [7, 11) is 0. The standard InChI is InChI=1S/C13H16BrNO2S/c1-9-2-3-10(8-11(9)14)15-12(16)13(17)4-6-18-7-5-13/h2-3,8,17H,4-7H2,1H3,(H,15,16). The average Bonchev–Trinajstić information content (AvgIpc) is 2.35. The Morgan fingerprint density at radius 1 is 1.44 bits per heavy atom. The van der Waals surface area contributed by atoms with Gasteiger partial charge in [-0.3, -0.25) is 4.79 Å². The van der Waals surface area contributed by atoms with Gasteiger partial charge >= 0.3 is 0 Å². The minimum absolute atomic E-state index is 0.293. The first-order valence-corrected chi connectivity index (χ1v) is 7.84. The lowest BCUT2D eigenvalue weighted by molar-refractivity contribution is -0.134. The molecule has 5 heteroatoms. The Morgan fingerprint density at radius 2 is 2.11 bits per heavy atom. The molecule has 0 atom stereocenters. The molecule has 0 aliphatic carbocycles. The van der Waals surface area contributed by atoms with Gasteiger partial charge in [-0.1, -0.05) is 22.0 Å². The van der Waals surface area contributed by atoms with Crippen molar-refractivity contribution in [3.63, 3.8) is 0 Å². The number of carbonyl (C=O) groups is 1. The molecule has 1 saturated heterocycles. The molecule has 0 saturated carbocycles. The van der Waals surface area contributed by atoms with E-state index in [0.29, 0.717) is 18.5 Å². The number of anilines is 1. The minimum atomic E-state index is -1.21. The number of aliphatic hydroxyl groups is 1. The number of thioether (sulfide) groups is 1. The zero-order valence-electron chi connectivity index (χ0n) is 10.2. The quantitative estimate of drug-likeness (QED) is 0.877. The van der Waals surface area contributed by atoms with Gasteiger partial charge in [-0.25, -0.2) is 0 Å². The minimum Gasteiger partial charge on any atom is -0.380 e. The Bertz CT molecular complexity index is 458. The molecule has 0 radical (unpaired) electrons. The summed E-state index contributed by atoms with van der Waals surface area (Å²) in [5, 5.41) is 13.1. The van der Waals surface area contributed by atoms with Crippen molar-refractivity contribution in [2.75, 3.05) is 16.8 Å². The van der Waals surface area contributed by atoms with Crippen molar-refractivity contribution in [3.8, 4) is 0 Å². The van der Waals surface area contributed by atoms with Crippen molar-refractivity contribution in [2.24, 2.45) is 0 Å². The highest BCUT2D eigenvalue weighted by molar-refractivity contribution is 9.10. The van der Waals surface area contributed by atoms with Gasteiger partial charge in [0.05, 0.1) is 0 Å². The van der Waals surface area contributed by atoms with E-state index < -0.39 is 5.60 Å². The van der Waals surface area contributed by atoms with Gasteiger partial charge in [-0.2, -0.15) is 11.8 Å². The largest absolute Gasteiger partial charge is 0.380 e. The molecule has 1 aromatic rings. The van der Waals surface area contributed by atoms with Crippen LogP contribution in [0.1, 0.15) is 18.4 Å². The number of amides is 1. The summed E-state index contributed by atoms with van der Waals surface area (Å²) in [5.41, 5.74) is 0.618. The number of nitrogens with one attached hydrogen (secondary N) is 1. The van der Waals surface area contributed by atoms with E-state index in [1.807, 2.05) is 25.1 Å². The number of benzene rings is 1. The summed E-state index contributed by atoms with van der Waals surface area (Å²) >= 11 is 5.21. The zero-order valence-corrected chi connectivity index (χ0v) is 12.6. The third-order valence-electron chi connectivity index (χ3n) is 3.17. The second-order valence-corrected chi connectivity index (χ2v) is 6.64. The summed E-state index contributed by atoms with van der Waals surface area (Å²) in [6, 6.07) is 5.63. The normalized spacial score (nSPS) is 18.4. The summed E-state index contributed by atoms with van der Waals surface area (Å²) in [6.07, 6.45) is 1.05. The van der Waals surface area contributed by atoms with Crippen LogP contribution >= 0.6 is 27.7 Å². The molecular weight excluding hydrogens is 314 g/mol. The Labute approximate surface area is 119 Å². The molecule has 1 amide bonds.